The van der Waals surface area contributed by atoms with Gasteiger partial charge in [-0.1, -0.05) is 6.92 Å². The average molecular weight is 379 g/mol. The van der Waals surface area contributed by atoms with Crippen molar-refractivity contribution in [1.29, 1.82) is 0 Å². The van der Waals surface area contributed by atoms with Gasteiger partial charge in [-0.15, -0.1) is 0 Å². The third kappa shape index (κ3) is 4.12. The van der Waals surface area contributed by atoms with Crippen molar-refractivity contribution in [2.75, 3.05) is 36.0 Å². The summed E-state index contributed by atoms with van der Waals surface area (Å²) in [4.78, 5) is 37.0. The van der Waals surface area contributed by atoms with Crippen LogP contribution in [0.25, 0.3) is 0 Å². The van der Waals surface area contributed by atoms with Crippen molar-refractivity contribution in [1.82, 2.24) is 5.32 Å². The van der Waals surface area contributed by atoms with Crippen LogP contribution in [0.2, 0.25) is 0 Å². The molecule has 1 unspecified atom stereocenters. The molecule has 8 nitrogen and oxygen atoms in total. The van der Waals surface area contributed by atoms with Gasteiger partial charge in [-0.3, -0.25) is 14.5 Å². The van der Waals surface area contributed by atoms with Crippen LogP contribution in [-0.2, 0) is 14.3 Å². The molecule has 146 valence electrons. The van der Waals surface area contributed by atoms with Crippen LogP contribution >= 0.6 is 0 Å². The van der Waals surface area contributed by atoms with Crippen LogP contribution in [0.4, 0.5) is 20.6 Å². The maximum Gasteiger partial charge on any atom is 0.414 e. The summed E-state index contributed by atoms with van der Waals surface area (Å²) in [5.74, 6) is -1.57. The zero-order chi connectivity index (χ0) is 19.8. The number of carbonyl (C=O) groups is 3. The maximum atomic E-state index is 14.6. The first-order chi connectivity index (χ1) is 12.7. The highest BCUT2D eigenvalue weighted by atomic mass is 19.1. The van der Waals surface area contributed by atoms with Crippen molar-refractivity contribution in [3.63, 3.8) is 0 Å². The van der Waals surface area contributed by atoms with Crippen molar-refractivity contribution in [2.45, 2.75) is 26.4 Å². The van der Waals surface area contributed by atoms with Crippen LogP contribution in [0.5, 0.6) is 0 Å². The van der Waals surface area contributed by atoms with Crippen molar-refractivity contribution >= 4 is 29.3 Å². The van der Waals surface area contributed by atoms with Gasteiger partial charge >= 0.3 is 12.1 Å². The number of nitrogens with one attached hydrogen (secondary N) is 1. The van der Waals surface area contributed by atoms with E-state index in [9.17, 15) is 18.8 Å². The molecule has 3 rings (SSSR count). The summed E-state index contributed by atoms with van der Waals surface area (Å²) in [7, 11) is 0. The molecule has 2 heterocycles. The van der Waals surface area contributed by atoms with Gasteiger partial charge in [0.1, 0.15) is 11.9 Å². The number of cyclic esters (lactones) is 1. The predicted octanol–water partition coefficient (Wildman–Crippen LogP) is 1.59. The van der Waals surface area contributed by atoms with Crippen LogP contribution in [-0.4, -0.2) is 55.4 Å². The van der Waals surface area contributed by atoms with Crippen molar-refractivity contribution in [3.8, 4) is 0 Å². The number of carboxylic acid groups (broad SMARTS) is 1. The quantitative estimate of drug-likeness (QED) is 0.779. The highest BCUT2D eigenvalue weighted by Crippen LogP contribution is 2.39. The van der Waals surface area contributed by atoms with Crippen molar-refractivity contribution in [3.05, 3.63) is 24.0 Å². The van der Waals surface area contributed by atoms with Crippen LogP contribution in [0, 0.1) is 11.2 Å². The van der Waals surface area contributed by atoms with Gasteiger partial charge in [0.2, 0.25) is 5.91 Å². The highest BCUT2D eigenvalue weighted by molar-refractivity contribution is 5.90. The molecule has 2 aliphatic rings. The van der Waals surface area contributed by atoms with E-state index < -0.39 is 24.0 Å². The molecule has 2 aliphatic heterocycles. The molecule has 2 amide bonds. The Balaban J connectivity index is 1.65. The summed E-state index contributed by atoms with van der Waals surface area (Å²) < 4.78 is 19.8. The molecule has 1 atom stereocenters. The second-order valence-electron chi connectivity index (χ2n) is 7.43. The summed E-state index contributed by atoms with van der Waals surface area (Å²) in [6.07, 6.45) is -1.04. The summed E-state index contributed by atoms with van der Waals surface area (Å²) in [6, 6.07) is 4.48. The number of benzene rings is 1. The number of carbonyl (C=O) groups excluding carboxylic acids is 2. The third-order valence-corrected chi connectivity index (χ3v) is 4.76. The number of hydrogen-bond acceptors (Lipinski definition) is 5. The fourth-order valence-electron chi connectivity index (χ4n) is 3.54. The van der Waals surface area contributed by atoms with Crippen LogP contribution < -0.4 is 15.1 Å². The molecular weight excluding hydrogens is 357 g/mol. The first kappa shape index (κ1) is 18.9. The van der Waals surface area contributed by atoms with Crippen LogP contribution in [0.1, 0.15) is 20.3 Å². The van der Waals surface area contributed by atoms with Gasteiger partial charge in [0.15, 0.2) is 0 Å². The topological polar surface area (TPSA) is 99.2 Å². The molecule has 0 aliphatic carbocycles. The molecule has 1 aromatic rings. The zero-order valence-electron chi connectivity index (χ0n) is 15.2. The number of amides is 2. The van der Waals surface area contributed by atoms with Gasteiger partial charge in [0.25, 0.3) is 0 Å². The minimum Gasteiger partial charge on any atom is -0.481 e. The van der Waals surface area contributed by atoms with Gasteiger partial charge in [0.05, 0.1) is 30.9 Å². The van der Waals surface area contributed by atoms with Crippen LogP contribution in [0.15, 0.2) is 18.2 Å². The third-order valence-electron chi connectivity index (χ3n) is 4.76. The van der Waals surface area contributed by atoms with E-state index in [0.717, 1.165) is 0 Å². The number of anilines is 2. The van der Waals surface area contributed by atoms with E-state index in [0.29, 0.717) is 24.5 Å². The Bertz CT molecular complexity index is 778. The van der Waals surface area contributed by atoms with E-state index in [2.05, 4.69) is 5.32 Å². The highest BCUT2D eigenvalue weighted by Gasteiger charge is 2.41. The number of hydrogen-bond donors (Lipinski definition) is 2. The Kier molecular flexibility index (Phi) is 4.95. The monoisotopic (exact) mass is 379 g/mol. The number of rotatable bonds is 6. The van der Waals surface area contributed by atoms with E-state index in [-0.39, 0.29) is 30.8 Å². The molecule has 0 radical (unpaired) electrons. The van der Waals surface area contributed by atoms with Gasteiger partial charge in [-0.05, 0) is 18.2 Å². The van der Waals surface area contributed by atoms with E-state index >= 15 is 0 Å². The minimum atomic E-state index is -0.866. The lowest BCUT2D eigenvalue weighted by molar-refractivity contribution is -0.139. The van der Waals surface area contributed by atoms with E-state index in [1.54, 1.807) is 17.0 Å². The average Bonchev–Trinajstić information content (AvgIpc) is 2.91. The summed E-state index contributed by atoms with van der Waals surface area (Å²) in [5, 5.41) is 11.5. The summed E-state index contributed by atoms with van der Waals surface area (Å²) in [6.45, 7) is 4.58. The van der Waals surface area contributed by atoms with Crippen molar-refractivity contribution < 1.29 is 28.6 Å². The molecule has 0 bridgehead atoms. The lowest BCUT2D eigenvalue weighted by atomic mass is 9.78. The number of ether oxygens (including phenoxy) is 1. The molecule has 2 N–H and O–H groups in total. The molecule has 2 saturated heterocycles. The normalized spacial score (nSPS) is 20.9. The fraction of sp³-hybridized carbons (Fsp3) is 0.500. The predicted molar refractivity (Wildman–Crippen MR) is 95.3 cm³/mol. The first-order valence-corrected chi connectivity index (χ1v) is 8.66. The number of nitrogens with zero attached hydrogens (tertiary/aromatic N) is 2. The molecule has 0 saturated carbocycles. The Hall–Kier alpha value is -2.84. The summed E-state index contributed by atoms with van der Waals surface area (Å²) >= 11 is 0. The second kappa shape index (κ2) is 7.05. The lowest BCUT2D eigenvalue weighted by Crippen LogP contribution is -2.56. The van der Waals surface area contributed by atoms with E-state index in [1.165, 1.54) is 17.9 Å². The number of halogens is 1. The minimum absolute atomic E-state index is 0.0402. The smallest absolute Gasteiger partial charge is 0.414 e. The number of carboxylic acids is 1. The van der Waals surface area contributed by atoms with Crippen molar-refractivity contribution in [2.24, 2.45) is 5.41 Å². The van der Waals surface area contributed by atoms with Gasteiger partial charge < -0.3 is 20.1 Å². The second-order valence-corrected chi connectivity index (χ2v) is 7.43. The molecule has 2 fully saturated rings. The Morgan fingerprint density at radius 3 is 2.70 bits per heavy atom. The van der Waals surface area contributed by atoms with Crippen LogP contribution in [0.3, 0.4) is 0 Å². The molecule has 0 spiro atoms. The fourth-order valence-corrected chi connectivity index (χ4v) is 3.54. The van der Waals surface area contributed by atoms with E-state index in [4.69, 9.17) is 9.84 Å². The lowest BCUT2D eigenvalue weighted by Gasteiger charge is -2.48. The molecule has 0 aromatic heterocycles. The first-order valence-electron chi connectivity index (χ1n) is 8.66. The Morgan fingerprint density at radius 1 is 1.41 bits per heavy atom. The van der Waals surface area contributed by atoms with E-state index in [1.807, 2.05) is 6.92 Å². The van der Waals surface area contributed by atoms with Gasteiger partial charge in [0, 0.05) is 25.4 Å². The number of aliphatic carboxylic acids is 1. The Labute approximate surface area is 155 Å². The Morgan fingerprint density at radius 2 is 2.11 bits per heavy atom. The SMILES string of the molecule is CC(=O)NCC1CN(c2ccc(N3CC(C)(CC(=O)O)C3)c(F)c2)C(=O)O1. The van der Waals surface area contributed by atoms with Gasteiger partial charge in [-0.25, -0.2) is 9.18 Å². The summed E-state index contributed by atoms with van der Waals surface area (Å²) in [5.41, 5.74) is 0.386. The molecular formula is C18H22FN3O5. The zero-order valence-corrected chi connectivity index (χ0v) is 15.2. The largest absolute Gasteiger partial charge is 0.481 e. The maximum absolute atomic E-state index is 14.6. The molecule has 27 heavy (non-hydrogen) atoms. The molecule has 9 heteroatoms. The molecule has 1 aromatic carbocycles. The standard InChI is InChI=1S/C18H22FN3O5/c1-11(23)20-7-13-8-22(17(26)27-13)12-3-4-15(14(19)5-12)21-9-18(2,10-21)6-16(24)25/h3-5,13H,6-10H2,1-2H3,(H,20,23)(H,24,25). The van der Waals surface area contributed by atoms with Gasteiger partial charge in [-0.2, -0.15) is 0 Å².